The second-order valence-corrected chi connectivity index (χ2v) is 12.1. The van der Waals surface area contributed by atoms with Crippen LogP contribution < -0.4 is 5.06 Å². The van der Waals surface area contributed by atoms with Crippen molar-refractivity contribution in [2.24, 2.45) is 0 Å². The first kappa shape index (κ1) is 24.3. The van der Waals surface area contributed by atoms with Gasteiger partial charge >= 0.3 is 0 Å². The highest BCUT2D eigenvalue weighted by atomic mass is 16.5. The molecule has 43 heavy (non-hydrogen) atoms. The van der Waals surface area contributed by atoms with Crippen molar-refractivity contribution in [2.75, 3.05) is 5.06 Å². The van der Waals surface area contributed by atoms with Gasteiger partial charge in [-0.05, 0) is 71.8 Å². The normalized spacial score (nSPS) is 14.1. The number of fused-ring (bicyclic) bond motifs is 8. The lowest BCUT2D eigenvalue weighted by atomic mass is 9.74. The zero-order valence-corrected chi connectivity index (χ0v) is 24.0. The maximum absolute atomic E-state index is 11.6. The topological polar surface area (TPSA) is 33.3 Å². The summed E-state index contributed by atoms with van der Waals surface area (Å²) in [6.45, 7) is 4.53. The molecule has 1 aliphatic rings. The zero-order chi connectivity index (χ0) is 28.9. The highest BCUT2D eigenvalue weighted by molar-refractivity contribution is 6.10. The molecular weight excluding hydrogens is 526 g/mol. The Morgan fingerprint density at radius 3 is 1.12 bits per heavy atom. The lowest BCUT2D eigenvalue weighted by Gasteiger charge is -2.39. The first-order valence-corrected chi connectivity index (χ1v) is 14.8. The molecule has 0 amide bonds. The van der Waals surface area contributed by atoms with E-state index in [1.165, 1.54) is 48.7 Å². The molecule has 0 radical (unpaired) electrons. The van der Waals surface area contributed by atoms with Crippen LogP contribution in [0.2, 0.25) is 0 Å². The Morgan fingerprint density at radius 1 is 0.442 bits per heavy atom. The second kappa shape index (κ2) is 8.60. The lowest BCUT2D eigenvalue weighted by molar-refractivity contribution is 0.293. The fourth-order valence-corrected chi connectivity index (χ4v) is 7.37. The van der Waals surface area contributed by atoms with E-state index in [0.717, 1.165) is 33.9 Å². The third-order valence-corrected chi connectivity index (χ3v) is 9.44. The number of rotatable bonds is 2. The Morgan fingerprint density at radius 2 is 0.767 bits per heavy atom. The Hall–Kier alpha value is -5.32. The average Bonchev–Trinajstić information content (AvgIpc) is 3.57. The Labute approximate surface area is 249 Å². The predicted molar refractivity (Wildman–Crippen MR) is 178 cm³/mol. The molecule has 0 bridgehead atoms. The van der Waals surface area contributed by atoms with E-state index in [1.807, 2.05) is 0 Å². The van der Waals surface area contributed by atoms with Crippen molar-refractivity contribution in [3.05, 3.63) is 145 Å². The van der Waals surface area contributed by atoms with E-state index in [-0.39, 0.29) is 5.41 Å². The van der Waals surface area contributed by atoms with Gasteiger partial charge in [-0.15, -0.1) is 0 Å². The molecule has 2 aromatic heterocycles. The number of anilines is 2. The highest BCUT2D eigenvalue weighted by Gasteiger charge is 2.37. The van der Waals surface area contributed by atoms with Gasteiger partial charge in [-0.1, -0.05) is 86.6 Å². The highest BCUT2D eigenvalue weighted by Crippen LogP contribution is 2.50. The van der Waals surface area contributed by atoms with Gasteiger partial charge in [-0.25, -0.2) is 5.06 Å². The third kappa shape index (κ3) is 3.24. The van der Waals surface area contributed by atoms with Crippen molar-refractivity contribution < 1.29 is 5.21 Å². The van der Waals surface area contributed by atoms with Gasteiger partial charge in [-0.2, -0.15) is 0 Å². The maximum atomic E-state index is 11.6. The summed E-state index contributed by atoms with van der Waals surface area (Å²) in [6, 6.07) is 47.2. The quantitative estimate of drug-likeness (QED) is 0.230. The molecule has 0 spiro atoms. The van der Waals surface area contributed by atoms with Crippen molar-refractivity contribution in [3.8, 4) is 11.4 Å². The largest absolute Gasteiger partial charge is 0.309 e. The summed E-state index contributed by atoms with van der Waals surface area (Å²) in [5.41, 5.74) is 10.3. The van der Waals surface area contributed by atoms with Gasteiger partial charge in [0.2, 0.25) is 0 Å². The van der Waals surface area contributed by atoms with Gasteiger partial charge < -0.3 is 9.13 Å². The van der Waals surface area contributed by atoms with Crippen molar-refractivity contribution in [1.82, 2.24) is 9.13 Å². The van der Waals surface area contributed by atoms with Gasteiger partial charge in [0.05, 0.1) is 33.4 Å². The molecule has 0 saturated heterocycles. The van der Waals surface area contributed by atoms with Gasteiger partial charge in [0.25, 0.3) is 0 Å². The second-order valence-electron chi connectivity index (χ2n) is 12.1. The molecule has 9 rings (SSSR count). The third-order valence-electron chi connectivity index (χ3n) is 9.44. The fourth-order valence-electron chi connectivity index (χ4n) is 7.37. The van der Waals surface area contributed by atoms with Crippen LogP contribution in [0.1, 0.15) is 25.0 Å². The molecular formula is C39H29N3O. The van der Waals surface area contributed by atoms with Gasteiger partial charge in [0.1, 0.15) is 0 Å². The lowest BCUT2D eigenvalue weighted by Crippen LogP contribution is -2.31. The maximum Gasteiger partial charge on any atom is 0.0735 e. The first-order valence-electron chi connectivity index (χ1n) is 14.8. The molecule has 4 nitrogen and oxygen atoms in total. The van der Waals surface area contributed by atoms with E-state index >= 15 is 0 Å². The number of para-hydroxylation sites is 4. The minimum absolute atomic E-state index is 0.368. The molecule has 0 aliphatic carbocycles. The van der Waals surface area contributed by atoms with Crippen molar-refractivity contribution >= 4 is 55.0 Å². The van der Waals surface area contributed by atoms with Crippen LogP contribution in [0.15, 0.2) is 133 Å². The van der Waals surface area contributed by atoms with E-state index in [9.17, 15) is 5.21 Å². The molecule has 3 heterocycles. The predicted octanol–water partition coefficient (Wildman–Crippen LogP) is 10.0. The van der Waals surface area contributed by atoms with E-state index in [4.69, 9.17) is 0 Å². The summed E-state index contributed by atoms with van der Waals surface area (Å²) in [7, 11) is 0. The van der Waals surface area contributed by atoms with Crippen molar-refractivity contribution in [2.45, 2.75) is 19.3 Å². The van der Waals surface area contributed by atoms with Crippen LogP contribution in [-0.2, 0) is 5.41 Å². The smallest absolute Gasteiger partial charge is 0.0735 e. The summed E-state index contributed by atoms with van der Waals surface area (Å²) in [6.07, 6.45) is 0. The van der Waals surface area contributed by atoms with E-state index < -0.39 is 0 Å². The standard InChI is InChI=1S/C39H29N3O/c1-39(2)31-23-25(40-33-15-7-3-11-27(33)28-12-4-8-16-34(28)40)19-21-37(31)42(43)38-22-20-26(24-32(38)39)41-35-17-9-5-13-29(35)30-14-6-10-18-36(30)41/h3-24,43H,1-2H3. The molecule has 0 unspecified atom stereocenters. The first-order chi connectivity index (χ1) is 21.0. The molecule has 0 saturated carbocycles. The Bertz CT molecular complexity index is 2130. The van der Waals surface area contributed by atoms with Gasteiger partial charge in [-0.3, -0.25) is 5.21 Å². The van der Waals surface area contributed by atoms with Crippen molar-refractivity contribution in [1.29, 1.82) is 0 Å². The van der Waals surface area contributed by atoms with Crippen LogP contribution in [0.5, 0.6) is 0 Å². The minimum Gasteiger partial charge on any atom is -0.309 e. The molecule has 0 atom stereocenters. The fraction of sp³-hybridized carbons (Fsp3) is 0.0769. The minimum atomic E-state index is -0.368. The summed E-state index contributed by atoms with van der Waals surface area (Å²) < 4.78 is 4.68. The van der Waals surface area contributed by atoms with Crippen LogP contribution in [0.3, 0.4) is 0 Å². The van der Waals surface area contributed by atoms with Gasteiger partial charge in [0.15, 0.2) is 0 Å². The van der Waals surface area contributed by atoms with Crippen LogP contribution >= 0.6 is 0 Å². The van der Waals surface area contributed by atoms with Crippen LogP contribution in [0.25, 0.3) is 55.0 Å². The zero-order valence-electron chi connectivity index (χ0n) is 24.0. The van der Waals surface area contributed by atoms with Crippen LogP contribution in [0, 0.1) is 0 Å². The number of hydrogen-bond donors (Lipinski definition) is 1. The van der Waals surface area contributed by atoms with Crippen LogP contribution in [0.4, 0.5) is 11.4 Å². The summed E-state index contributed by atoms with van der Waals surface area (Å²) in [5.74, 6) is 0. The number of nitrogens with zero attached hydrogens (tertiary/aromatic N) is 3. The Balaban J connectivity index is 1.26. The molecule has 1 aliphatic heterocycles. The van der Waals surface area contributed by atoms with Gasteiger partial charge in [0, 0.05) is 38.3 Å². The SMILES string of the molecule is CC1(C)c2cc(-n3c4ccccc4c4ccccc43)ccc2N(O)c2ccc(-n3c4ccccc4c4ccccc43)cc21. The Kier molecular flexibility index (Phi) is 4.86. The van der Waals surface area contributed by atoms with E-state index in [2.05, 4.69) is 156 Å². The number of benzene rings is 6. The molecule has 1 N–H and O–H groups in total. The molecule has 6 aromatic carbocycles. The van der Waals surface area contributed by atoms with Crippen molar-refractivity contribution in [3.63, 3.8) is 0 Å². The van der Waals surface area contributed by atoms with Crippen LogP contribution in [-0.4, -0.2) is 14.3 Å². The van der Waals surface area contributed by atoms with E-state index in [0.29, 0.717) is 0 Å². The molecule has 206 valence electrons. The summed E-state index contributed by atoms with van der Waals surface area (Å²) >= 11 is 0. The summed E-state index contributed by atoms with van der Waals surface area (Å²) in [4.78, 5) is 0. The molecule has 4 heteroatoms. The molecule has 8 aromatic rings. The monoisotopic (exact) mass is 555 g/mol. The average molecular weight is 556 g/mol. The molecule has 0 fully saturated rings. The number of hydrogen-bond acceptors (Lipinski definition) is 2. The number of aromatic nitrogens is 2. The van der Waals surface area contributed by atoms with E-state index in [1.54, 1.807) is 0 Å². The summed E-state index contributed by atoms with van der Waals surface area (Å²) in [5, 5.41) is 17.9.